The van der Waals surface area contributed by atoms with Crippen molar-refractivity contribution < 1.29 is 4.74 Å². The van der Waals surface area contributed by atoms with Gasteiger partial charge in [-0.15, -0.1) is 5.10 Å². The minimum Gasteiger partial charge on any atom is -0.378 e. The highest BCUT2D eigenvalue weighted by molar-refractivity contribution is 5.08. The molecule has 1 heterocycles. The third-order valence-electron chi connectivity index (χ3n) is 2.12. The molecule has 0 fully saturated rings. The van der Waals surface area contributed by atoms with Crippen LogP contribution in [0.25, 0.3) is 0 Å². The quantitative estimate of drug-likeness (QED) is 0.730. The first-order valence-corrected chi connectivity index (χ1v) is 4.93. The second-order valence-corrected chi connectivity index (χ2v) is 3.20. The molecule has 0 aliphatic rings. The Morgan fingerprint density at radius 3 is 2.86 bits per heavy atom. The van der Waals surface area contributed by atoms with Gasteiger partial charge in [0.25, 0.3) is 0 Å². The van der Waals surface area contributed by atoms with Gasteiger partial charge >= 0.3 is 0 Å². The lowest BCUT2D eigenvalue weighted by Gasteiger charge is -2.05. The lowest BCUT2D eigenvalue weighted by atomic mass is 10.3. The van der Waals surface area contributed by atoms with E-state index in [1.165, 1.54) is 0 Å². The number of hydrogen-bond donors (Lipinski definition) is 1. The normalized spacial score (nSPS) is 10.8. The number of nitrogens with two attached hydrogens (primary N) is 1. The van der Waals surface area contributed by atoms with Gasteiger partial charge in [0.2, 0.25) is 0 Å². The van der Waals surface area contributed by atoms with Crippen LogP contribution in [0.2, 0.25) is 0 Å². The lowest BCUT2D eigenvalue weighted by molar-refractivity contribution is 0.175. The molecule has 0 aliphatic heterocycles. The molecule has 0 saturated carbocycles. The van der Waals surface area contributed by atoms with Crippen LogP contribution in [0.4, 0.5) is 0 Å². The summed E-state index contributed by atoms with van der Waals surface area (Å²) in [6, 6.07) is 0. The summed E-state index contributed by atoms with van der Waals surface area (Å²) in [4.78, 5) is 0. The average Bonchev–Trinajstić information content (AvgIpc) is 2.58. The molecule has 2 N–H and O–H groups in total. The van der Waals surface area contributed by atoms with E-state index in [2.05, 4.69) is 17.2 Å². The van der Waals surface area contributed by atoms with Crippen LogP contribution >= 0.6 is 0 Å². The maximum absolute atomic E-state index is 5.55. The molecule has 5 nitrogen and oxygen atoms in total. The van der Waals surface area contributed by atoms with Crippen LogP contribution in [-0.2, 0) is 24.4 Å². The van der Waals surface area contributed by atoms with Crippen LogP contribution in [-0.4, -0.2) is 22.1 Å². The summed E-state index contributed by atoms with van der Waals surface area (Å²) in [5.74, 6) is 0. The minimum atomic E-state index is 0.421. The van der Waals surface area contributed by atoms with Crippen LogP contribution in [0, 0.1) is 0 Å². The zero-order valence-electron chi connectivity index (χ0n) is 8.86. The molecule has 0 aliphatic carbocycles. The molecule has 80 valence electrons. The zero-order valence-corrected chi connectivity index (χ0v) is 8.86. The van der Waals surface area contributed by atoms with E-state index >= 15 is 0 Å². The largest absolute Gasteiger partial charge is 0.378 e. The van der Waals surface area contributed by atoms with Crippen molar-refractivity contribution >= 4 is 0 Å². The maximum atomic E-state index is 5.55. The number of unbranched alkanes of at least 4 members (excludes halogenated alkanes) is 1. The first kappa shape index (κ1) is 11.1. The fourth-order valence-corrected chi connectivity index (χ4v) is 1.31. The first-order chi connectivity index (χ1) is 6.83. The van der Waals surface area contributed by atoms with Gasteiger partial charge in [-0.2, -0.15) is 0 Å². The van der Waals surface area contributed by atoms with Crippen molar-refractivity contribution in [2.75, 3.05) is 7.11 Å². The van der Waals surface area contributed by atoms with E-state index < -0.39 is 0 Å². The maximum Gasteiger partial charge on any atom is 0.102 e. The predicted octanol–water partition coefficient (Wildman–Crippen LogP) is 0.683. The summed E-state index contributed by atoms with van der Waals surface area (Å²) in [5.41, 5.74) is 7.39. The summed E-state index contributed by atoms with van der Waals surface area (Å²) in [7, 11) is 1.66. The Labute approximate surface area is 84.2 Å². The molecule has 0 spiro atoms. The summed E-state index contributed by atoms with van der Waals surface area (Å²) < 4.78 is 6.98. The van der Waals surface area contributed by atoms with E-state index in [1.807, 2.05) is 4.68 Å². The first-order valence-electron chi connectivity index (χ1n) is 4.93. The molecule has 0 bridgehead atoms. The molecule has 0 amide bonds. The Bertz CT molecular complexity index is 272. The van der Waals surface area contributed by atoms with Crippen LogP contribution in [0.15, 0.2) is 0 Å². The highest BCUT2D eigenvalue weighted by atomic mass is 16.5. The second kappa shape index (κ2) is 5.72. The standard InChI is InChI=1S/C9H18N4O/c1-3-4-5-13-9(7-14-2)8(6-10)11-12-13/h3-7,10H2,1-2H3. The molecule has 0 aromatic carbocycles. The molecule has 5 heteroatoms. The van der Waals surface area contributed by atoms with E-state index in [1.54, 1.807) is 7.11 Å². The molecule has 0 saturated heterocycles. The number of ether oxygens (including phenoxy) is 1. The van der Waals surface area contributed by atoms with E-state index in [0.717, 1.165) is 30.8 Å². The van der Waals surface area contributed by atoms with Crippen molar-refractivity contribution in [3.8, 4) is 0 Å². The Morgan fingerprint density at radius 2 is 2.29 bits per heavy atom. The van der Waals surface area contributed by atoms with E-state index in [-0.39, 0.29) is 0 Å². The third-order valence-corrected chi connectivity index (χ3v) is 2.12. The smallest absolute Gasteiger partial charge is 0.102 e. The zero-order chi connectivity index (χ0) is 10.4. The van der Waals surface area contributed by atoms with Gasteiger partial charge in [-0.1, -0.05) is 18.6 Å². The van der Waals surface area contributed by atoms with E-state index in [0.29, 0.717) is 13.2 Å². The van der Waals surface area contributed by atoms with Gasteiger partial charge in [-0.3, -0.25) is 0 Å². The number of hydrogen-bond acceptors (Lipinski definition) is 4. The van der Waals surface area contributed by atoms with E-state index in [4.69, 9.17) is 10.5 Å². The lowest BCUT2D eigenvalue weighted by Crippen LogP contribution is -2.08. The van der Waals surface area contributed by atoms with E-state index in [9.17, 15) is 0 Å². The van der Waals surface area contributed by atoms with Crippen LogP contribution in [0.5, 0.6) is 0 Å². The number of nitrogens with zero attached hydrogens (tertiary/aromatic N) is 3. The number of aryl methyl sites for hydroxylation is 1. The molecule has 14 heavy (non-hydrogen) atoms. The highest BCUT2D eigenvalue weighted by Gasteiger charge is 2.10. The fourth-order valence-electron chi connectivity index (χ4n) is 1.31. The van der Waals surface area contributed by atoms with Crippen molar-refractivity contribution in [3.63, 3.8) is 0 Å². The predicted molar refractivity (Wildman–Crippen MR) is 53.5 cm³/mol. The summed E-state index contributed by atoms with van der Waals surface area (Å²) in [6.07, 6.45) is 2.24. The highest BCUT2D eigenvalue weighted by Crippen LogP contribution is 2.07. The van der Waals surface area contributed by atoms with Gasteiger partial charge in [0.05, 0.1) is 12.3 Å². The second-order valence-electron chi connectivity index (χ2n) is 3.20. The Kier molecular flexibility index (Phi) is 4.55. The average molecular weight is 198 g/mol. The van der Waals surface area contributed by atoms with Gasteiger partial charge in [0.15, 0.2) is 0 Å². The van der Waals surface area contributed by atoms with Gasteiger partial charge < -0.3 is 10.5 Å². The Hall–Kier alpha value is -0.940. The molecular weight excluding hydrogens is 180 g/mol. The van der Waals surface area contributed by atoms with Crippen molar-refractivity contribution in [3.05, 3.63) is 11.4 Å². The Morgan fingerprint density at radius 1 is 1.50 bits per heavy atom. The minimum absolute atomic E-state index is 0.421. The van der Waals surface area contributed by atoms with Crippen LogP contribution in [0.3, 0.4) is 0 Å². The molecule has 0 radical (unpaired) electrons. The van der Waals surface area contributed by atoms with Gasteiger partial charge in [0.1, 0.15) is 5.69 Å². The van der Waals surface area contributed by atoms with Gasteiger partial charge in [0, 0.05) is 20.2 Å². The van der Waals surface area contributed by atoms with Crippen molar-refractivity contribution in [2.24, 2.45) is 5.73 Å². The third kappa shape index (κ3) is 2.52. The summed E-state index contributed by atoms with van der Waals surface area (Å²) in [6.45, 7) is 3.99. The molecule has 1 aromatic rings. The molecule has 0 unspecified atom stereocenters. The molecule has 0 atom stereocenters. The SMILES string of the molecule is CCCCn1nnc(CN)c1COC. The summed E-state index contributed by atoms with van der Waals surface area (Å²) >= 11 is 0. The summed E-state index contributed by atoms with van der Waals surface area (Å²) in [5, 5.41) is 8.06. The number of aromatic nitrogens is 3. The molecular formula is C9H18N4O. The van der Waals surface area contributed by atoms with Gasteiger partial charge in [-0.25, -0.2) is 4.68 Å². The van der Waals surface area contributed by atoms with Crippen LogP contribution in [0.1, 0.15) is 31.2 Å². The fraction of sp³-hybridized carbons (Fsp3) is 0.778. The molecule has 1 rings (SSSR count). The van der Waals surface area contributed by atoms with Crippen molar-refractivity contribution in [1.29, 1.82) is 0 Å². The van der Waals surface area contributed by atoms with Crippen molar-refractivity contribution in [2.45, 2.75) is 39.5 Å². The monoisotopic (exact) mass is 198 g/mol. The molecule has 1 aromatic heterocycles. The topological polar surface area (TPSA) is 66.0 Å². The Balaban J connectivity index is 2.75. The van der Waals surface area contributed by atoms with Crippen LogP contribution < -0.4 is 5.73 Å². The number of rotatable bonds is 6. The van der Waals surface area contributed by atoms with Crippen molar-refractivity contribution in [1.82, 2.24) is 15.0 Å². The van der Waals surface area contributed by atoms with Gasteiger partial charge in [-0.05, 0) is 6.42 Å². The number of methoxy groups -OCH3 is 1.